The third-order valence-electron chi connectivity index (χ3n) is 3.54. The summed E-state index contributed by atoms with van der Waals surface area (Å²) in [5.41, 5.74) is -0.113. The number of anilines is 2. The smallest absolute Gasteiger partial charge is 0.297 e. The van der Waals surface area contributed by atoms with E-state index in [1.54, 1.807) is 0 Å². The number of amides is 1. The molecule has 0 spiro atoms. The van der Waals surface area contributed by atoms with Crippen LogP contribution in [0.15, 0.2) is 48.5 Å². The van der Waals surface area contributed by atoms with Gasteiger partial charge in [-0.2, -0.15) is 22.5 Å². The quantitative estimate of drug-likeness (QED) is 0.625. The number of halogens is 3. The van der Waals surface area contributed by atoms with Gasteiger partial charge in [-0.05, 0) is 36.4 Å². The zero-order valence-corrected chi connectivity index (χ0v) is 16.3. The first-order valence-corrected chi connectivity index (χ1v) is 10.6. The Morgan fingerprint density at radius 1 is 1.10 bits per heavy atom. The number of nitrogens with zero attached hydrogens (tertiary/aromatic N) is 2. The molecule has 0 atom stereocenters. The van der Waals surface area contributed by atoms with E-state index < -0.39 is 27.7 Å². The maximum absolute atomic E-state index is 12.8. The van der Waals surface area contributed by atoms with Crippen molar-refractivity contribution in [1.82, 2.24) is 9.36 Å². The van der Waals surface area contributed by atoms with Crippen LogP contribution in [0.25, 0.3) is 11.4 Å². The van der Waals surface area contributed by atoms with Crippen LogP contribution in [0.1, 0.15) is 15.9 Å². The van der Waals surface area contributed by atoms with Gasteiger partial charge in [0.05, 0.1) is 11.8 Å². The van der Waals surface area contributed by atoms with Gasteiger partial charge in [0.25, 0.3) is 5.91 Å². The van der Waals surface area contributed by atoms with E-state index in [1.807, 2.05) is 0 Å². The van der Waals surface area contributed by atoms with Crippen molar-refractivity contribution in [3.63, 3.8) is 0 Å². The predicted octanol–water partition coefficient (Wildman–Crippen LogP) is 3.85. The zero-order chi connectivity index (χ0) is 21.2. The molecular formula is C17H13F3N4O3S2. The van der Waals surface area contributed by atoms with Gasteiger partial charge in [-0.15, -0.1) is 0 Å². The lowest BCUT2D eigenvalue weighted by Gasteiger charge is -2.07. The maximum Gasteiger partial charge on any atom is 0.416 e. The van der Waals surface area contributed by atoms with Crippen LogP contribution >= 0.6 is 11.5 Å². The largest absolute Gasteiger partial charge is 0.416 e. The number of hydrogen-bond acceptors (Lipinski definition) is 6. The molecule has 0 radical (unpaired) electrons. The lowest BCUT2D eigenvalue weighted by Crippen LogP contribution is -2.12. The van der Waals surface area contributed by atoms with Gasteiger partial charge in [0, 0.05) is 28.3 Å². The van der Waals surface area contributed by atoms with E-state index in [0.29, 0.717) is 5.69 Å². The topological polar surface area (TPSA) is 101 Å². The van der Waals surface area contributed by atoms with E-state index in [9.17, 15) is 26.4 Å². The third kappa shape index (κ3) is 5.51. The Hall–Kier alpha value is -2.99. The standard InChI is InChI=1S/C17H13F3N4O3S2/c1-29(26,27)24-13-7-5-10(6-8-13)15(25)22-16-21-14(23-28-16)11-3-2-4-12(9-11)17(18,19)20/h2-9,24H,1H3,(H,21,22,23,25). The number of nitrogens with one attached hydrogen (secondary N) is 2. The Morgan fingerprint density at radius 2 is 1.79 bits per heavy atom. The predicted molar refractivity (Wildman–Crippen MR) is 103 cm³/mol. The Morgan fingerprint density at radius 3 is 2.41 bits per heavy atom. The summed E-state index contributed by atoms with van der Waals surface area (Å²) >= 11 is 0.826. The number of aromatic nitrogens is 2. The summed E-state index contributed by atoms with van der Waals surface area (Å²) in [6.45, 7) is 0. The van der Waals surface area contributed by atoms with Gasteiger partial charge in [-0.25, -0.2) is 8.42 Å². The van der Waals surface area contributed by atoms with E-state index >= 15 is 0 Å². The van der Waals surface area contributed by atoms with Crippen molar-refractivity contribution >= 4 is 38.3 Å². The summed E-state index contributed by atoms with van der Waals surface area (Å²) in [7, 11) is -3.43. The van der Waals surface area contributed by atoms with Crippen molar-refractivity contribution in [1.29, 1.82) is 0 Å². The first-order chi connectivity index (χ1) is 13.5. The van der Waals surface area contributed by atoms with Crippen molar-refractivity contribution in [2.75, 3.05) is 16.3 Å². The van der Waals surface area contributed by atoms with Crippen LogP contribution in [0, 0.1) is 0 Å². The minimum absolute atomic E-state index is 0.0594. The normalized spacial score (nSPS) is 11.9. The van der Waals surface area contributed by atoms with E-state index in [1.165, 1.54) is 36.4 Å². The molecule has 29 heavy (non-hydrogen) atoms. The molecule has 0 aliphatic heterocycles. The molecule has 0 aliphatic rings. The molecule has 3 aromatic rings. The van der Waals surface area contributed by atoms with Crippen LogP contribution in [0.4, 0.5) is 24.0 Å². The van der Waals surface area contributed by atoms with Crippen LogP contribution in [0.5, 0.6) is 0 Å². The molecule has 2 N–H and O–H groups in total. The van der Waals surface area contributed by atoms with E-state index in [4.69, 9.17) is 0 Å². The minimum atomic E-state index is -4.48. The van der Waals surface area contributed by atoms with E-state index in [2.05, 4.69) is 19.4 Å². The second kappa shape index (κ2) is 7.79. The fourth-order valence-electron chi connectivity index (χ4n) is 2.30. The number of hydrogen-bond donors (Lipinski definition) is 2. The van der Waals surface area contributed by atoms with Crippen molar-refractivity contribution in [2.24, 2.45) is 0 Å². The fourth-order valence-corrected chi connectivity index (χ4v) is 3.45. The van der Waals surface area contributed by atoms with Crippen molar-refractivity contribution < 1.29 is 26.4 Å². The first-order valence-electron chi connectivity index (χ1n) is 7.92. The van der Waals surface area contributed by atoms with Gasteiger partial charge < -0.3 is 0 Å². The molecule has 7 nitrogen and oxygen atoms in total. The third-order valence-corrected chi connectivity index (χ3v) is 4.78. The minimum Gasteiger partial charge on any atom is -0.297 e. The van der Waals surface area contributed by atoms with Crippen LogP contribution in [-0.2, 0) is 16.2 Å². The monoisotopic (exact) mass is 442 g/mol. The number of rotatable bonds is 5. The van der Waals surface area contributed by atoms with Crippen LogP contribution in [0.3, 0.4) is 0 Å². The molecule has 0 saturated carbocycles. The van der Waals surface area contributed by atoms with E-state index in [0.717, 1.165) is 29.9 Å². The highest BCUT2D eigenvalue weighted by molar-refractivity contribution is 7.92. The second-order valence-corrected chi connectivity index (χ2v) is 8.41. The number of carbonyl (C=O) groups excluding carboxylic acids is 1. The maximum atomic E-state index is 12.8. The van der Waals surface area contributed by atoms with Gasteiger partial charge in [-0.1, -0.05) is 12.1 Å². The number of sulfonamides is 1. The van der Waals surface area contributed by atoms with Gasteiger partial charge in [0.1, 0.15) is 0 Å². The Kier molecular flexibility index (Phi) is 5.57. The van der Waals surface area contributed by atoms with Crippen LogP contribution in [-0.4, -0.2) is 29.9 Å². The molecular weight excluding hydrogens is 429 g/mol. The van der Waals surface area contributed by atoms with E-state index in [-0.39, 0.29) is 22.1 Å². The molecule has 2 aromatic carbocycles. The summed E-state index contributed by atoms with van der Waals surface area (Å²) in [6.07, 6.45) is -3.48. The van der Waals surface area contributed by atoms with Crippen molar-refractivity contribution in [2.45, 2.75) is 6.18 Å². The summed E-state index contributed by atoms with van der Waals surface area (Å²) < 4.78 is 67.1. The summed E-state index contributed by atoms with van der Waals surface area (Å²) in [5, 5.41) is 2.62. The lowest BCUT2D eigenvalue weighted by atomic mass is 10.1. The average Bonchev–Trinajstić information content (AvgIpc) is 3.09. The molecule has 0 aliphatic carbocycles. The second-order valence-electron chi connectivity index (χ2n) is 5.91. The van der Waals surface area contributed by atoms with Gasteiger partial charge >= 0.3 is 6.18 Å². The first kappa shape index (κ1) is 20.7. The molecule has 0 unspecified atom stereocenters. The fraction of sp³-hybridized carbons (Fsp3) is 0.118. The summed E-state index contributed by atoms with van der Waals surface area (Å²) in [5.74, 6) is -0.466. The molecule has 152 valence electrons. The molecule has 0 bridgehead atoms. The van der Waals surface area contributed by atoms with Crippen molar-refractivity contribution in [3.8, 4) is 11.4 Å². The van der Waals surface area contributed by atoms with Crippen LogP contribution in [0.2, 0.25) is 0 Å². The van der Waals surface area contributed by atoms with Gasteiger partial charge in [0.2, 0.25) is 15.2 Å². The Bertz CT molecular complexity index is 1140. The molecule has 1 aromatic heterocycles. The number of carbonyl (C=O) groups is 1. The Balaban J connectivity index is 1.72. The number of alkyl halides is 3. The summed E-state index contributed by atoms with van der Waals surface area (Å²) in [6, 6.07) is 10.2. The highest BCUT2D eigenvalue weighted by Gasteiger charge is 2.30. The van der Waals surface area contributed by atoms with Crippen molar-refractivity contribution in [3.05, 3.63) is 59.7 Å². The summed E-state index contributed by atoms with van der Waals surface area (Å²) in [4.78, 5) is 16.3. The SMILES string of the molecule is CS(=O)(=O)Nc1ccc(C(=O)Nc2nc(-c3cccc(C(F)(F)F)c3)ns2)cc1. The Labute approximate surface area is 167 Å². The van der Waals surface area contributed by atoms with Gasteiger partial charge in [0.15, 0.2) is 5.82 Å². The van der Waals surface area contributed by atoms with Crippen LogP contribution < -0.4 is 10.0 Å². The number of benzene rings is 2. The average molecular weight is 442 g/mol. The lowest BCUT2D eigenvalue weighted by molar-refractivity contribution is -0.137. The molecule has 1 heterocycles. The molecule has 12 heteroatoms. The molecule has 3 rings (SSSR count). The molecule has 0 saturated heterocycles. The highest BCUT2D eigenvalue weighted by atomic mass is 32.2. The molecule has 1 amide bonds. The highest BCUT2D eigenvalue weighted by Crippen LogP contribution is 2.32. The molecule has 0 fully saturated rings. The zero-order valence-electron chi connectivity index (χ0n) is 14.7. The van der Waals surface area contributed by atoms with Gasteiger partial charge in [-0.3, -0.25) is 14.8 Å².